The van der Waals surface area contributed by atoms with E-state index in [1.165, 1.54) is 41.7 Å². The first-order chi connectivity index (χ1) is 10.1. The van der Waals surface area contributed by atoms with Crippen LogP contribution in [-0.2, 0) is 12.8 Å². The number of fused-ring (bicyclic) bond motifs is 1. The molecule has 2 aromatic rings. The Balaban J connectivity index is 1.70. The Hall–Kier alpha value is -1.82. The van der Waals surface area contributed by atoms with E-state index in [4.69, 9.17) is 0 Å². The van der Waals surface area contributed by atoms with E-state index in [0.29, 0.717) is 5.56 Å². The van der Waals surface area contributed by atoms with Gasteiger partial charge in [0.25, 0.3) is 5.91 Å². The average Bonchev–Trinajstić information content (AvgIpc) is 2.92. The number of aryl methyl sites for hydroxylation is 2. The molecule has 2 heterocycles. The van der Waals surface area contributed by atoms with Crippen LogP contribution in [0.4, 0.5) is 4.39 Å². The number of aromatic nitrogens is 2. The number of thiazole rings is 1. The molecule has 0 fully saturated rings. The van der Waals surface area contributed by atoms with Gasteiger partial charge in [-0.1, -0.05) is 0 Å². The van der Waals surface area contributed by atoms with E-state index in [1.54, 1.807) is 11.3 Å². The normalized spacial score (nSPS) is 15.3. The van der Waals surface area contributed by atoms with Crippen molar-refractivity contribution in [3.8, 4) is 0 Å². The molecule has 2 aromatic heterocycles. The lowest BCUT2D eigenvalue weighted by atomic mass is 10.0. The summed E-state index contributed by atoms with van der Waals surface area (Å²) >= 11 is 1.68. The SMILES string of the molecule is CC(NC(=O)c1ccc(F)nc1)c1nc2c(s1)CCCC2. The fraction of sp³-hybridized carbons (Fsp3) is 0.400. The minimum absolute atomic E-state index is 0.154. The fourth-order valence-electron chi connectivity index (χ4n) is 2.41. The maximum absolute atomic E-state index is 12.8. The lowest BCUT2D eigenvalue weighted by Crippen LogP contribution is -2.26. The summed E-state index contributed by atoms with van der Waals surface area (Å²) in [6.45, 7) is 1.92. The van der Waals surface area contributed by atoms with Gasteiger partial charge in [0.1, 0.15) is 5.01 Å². The first-order valence-corrected chi connectivity index (χ1v) is 7.86. The van der Waals surface area contributed by atoms with E-state index < -0.39 is 5.95 Å². The molecule has 1 unspecified atom stereocenters. The third-order valence-electron chi connectivity index (χ3n) is 3.57. The van der Waals surface area contributed by atoms with E-state index in [0.717, 1.165) is 17.8 Å². The molecule has 1 amide bonds. The van der Waals surface area contributed by atoms with Crippen molar-refractivity contribution in [2.24, 2.45) is 0 Å². The number of carbonyl (C=O) groups is 1. The number of amides is 1. The lowest BCUT2D eigenvalue weighted by molar-refractivity contribution is 0.0939. The molecule has 1 atom stereocenters. The summed E-state index contributed by atoms with van der Waals surface area (Å²) in [4.78, 5) is 21.6. The Morgan fingerprint density at radius 1 is 1.38 bits per heavy atom. The van der Waals surface area contributed by atoms with E-state index in [2.05, 4.69) is 15.3 Å². The smallest absolute Gasteiger partial charge is 0.253 e. The molecular weight excluding hydrogens is 289 g/mol. The number of hydrogen-bond donors (Lipinski definition) is 1. The van der Waals surface area contributed by atoms with Crippen molar-refractivity contribution in [2.75, 3.05) is 0 Å². The first-order valence-electron chi connectivity index (χ1n) is 7.04. The van der Waals surface area contributed by atoms with Gasteiger partial charge in [0.05, 0.1) is 17.3 Å². The van der Waals surface area contributed by atoms with Crippen LogP contribution in [0, 0.1) is 5.95 Å². The Bertz CT molecular complexity index is 630. The number of carbonyl (C=O) groups excluding carboxylic acids is 1. The van der Waals surface area contributed by atoms with E-state index in [-0.39, 0.29) is 11.9 Å². The molecule has 1 N–H and O–H groups in total. The molecule has 3 rings (SSSR count). The number of rotatable bonds is 3. The monoisotopic (exact) mass is 305 g/mol. The van der Waals surface area contributed by atoms with E-state index >= 15 is 0 Å². The van der Waals surface area contributed by atoms with Crippen LogP contribution >= 0.6 is 11.3 Å². The first kappa shape index (κ1) is 14.1. The highest BCUT2D eigenvalue weighted by molar-refractivity contribution is 7.11. The van der Waals surface area contributed by atoms with Gasteiger partial charge in [-0.15, -0.1) is 11.3 Å². The minimum Gasteiger partial charge on any atom is -0.343 e. The average molecular weight is 305 g/mol. The summed E-state index contributed by atoms with van der Waals surface area (Å²) in [5, 5.41) is 3.82. The molecular formula is C15H16FN3OS. The van der Waals surface area contributed by atoms with Gasteiger partial charge < -0.3 is 5.32 Å². The molecule has 110 valence electrons. The fourth-order valence-corrected chi connectivity index (χ4v) is 3.56. The molecule has 4 nitrogen and oxygen atoms in total. The molecule has 0 spiro atoms. The molecule has 1 aliphatic carbocycles. The van der Waals surface area contributed by atoms with Crippen molar-refractivity contribution in [2.45, 2.75) is 38.6 Å². The van der Waals surface area contributed by atoms with Crippen molar-refractivity contribution in [3.63, 3.8) is 0 Å². The van der Waals surface area contributed by atoms with Crippen LogP contribution < -0.4 is 5.32 Å². The van der Waals surface area contributed by atoms with E-state index in [9.17, 15) is 9.18 Å². The zero-order chi connectivity index (χ0) is 14.8. The Morgan fingerprint density at radius 2 is 2.19 bits per heavy atom. The van der Waals surface area contributed by atoms with Crippen LogP contribution in [-0.4, -0.2) is 15.9 Å². The van der Waals surface area contributed by atoms with Crippen LogP contribution in [0.1, 0.15) is 51.7 Å². The number of nitrogens with one attached hydrogen (secondary N) is 1. The molecule has 0 aliphatic heterocycles. The molecule has 1 aliphatic rings. The maximum Gasteiger partial charge on any atom is 0.253 e. The van der Waals surface area contributed by atoms with Crippen molar-refractivity contribution in [3.05, 3.63) is 45.4 Å². The highest BCUT2D eigenvalue weighted by atomic mass is 32.1. The zero-order valence-corrected chi connectivity index (χ0v) is 12.5. The van der Waals surface area contributed by atoms with Crippen LogP contribution in [0.2, 0.25) is 0 Å². The molecule has 21 heavy (non-hydrogen) atoms. The van der Waals surface area contributed by atoms with Gasteiger partial charge in [-0.05, 0) is 44.7 Å². The second-order valence-electron chi connectivity index (χ2n) is 5.19. The quantitative estimate of drug-likeness (QED) is 0.887. The molecule has 6 heteroatoms. The zero-order valence-electron chi connectivity index (χ0n) is 11.7. The number of hydrogen-bond acceptors (Lipinski definition) is 4. The Morgan fingerprint density at radius 3 is 2.90 bits per heavy atom. The standard InChI is InChI=1S/C15H16FN3OS/c1-9(15-19-11-4-2-3-5-12(11)21-15)18-14(20)10-6-7-13(16)17-8-10/h6-9H,2-5H2,1H3,(H,18,20). The largest absolute Gasteiger partial charge is 0.343 e. The molecule has 0 radical (unpaired) electrons. The predicted molar refractivity (Wildman–Crippen MR) is 78.8 cm³/mol. The lowest BCUT2D eigenvalue weighted by Gasteiger charge is -2.10. The van der Waals surface area contributed by atoms with Crippen molar-refractivity contribution in [1.29, 1.82) is 0 Å². The predicted octanol–water partition coefficient (Wildman–Crippen LogP) is 3.05. The molecule has 0 bridgehead atoms. The van der Waals surface area contributed by atoms with E-state index in [1.807, 2.05) is 6.92 Å². The second-order valence-corrected chi connectivity index (χ2v) is 6.31. The molecule has 0 saturated heterocycles. The highest BCUT2D eigenvalue weighted by Gasteiger charge is 2.20. The van der Waals surface area contributed by atoms with Crippen LogP contribution in [0.5, 0.6) is 0 Å². The van der Waals surface area contributed by atoms with Crippen molar-refractivity contribution >= 4 is 17.2 Å². The molecule has 0 saturated carbocycles. The summed E-state index contributed by atoms with van der Waals surface area (Å²) in [5.41, 5.74) is 1.54. The summed E-state index contributed by atoms with van der Waals surface area (Å²) in [5.74, 6) is -0.852. The van der Waals surface area contributed by atoms with Crippen molar-refractivity contribution in [1.82, 2.24) is 15.3 Å². The highest BCUT2D eigenvalue weighted by Crippen LogP contribution is 2.29. The summed E-state index contributed by atoms with van der Waals surface area (Å²) < 4.78 is 12.8. The van der Waals surface area contributed by atoms with Gasteiger partial charge in [-0.3, -0.25) is 4.79 Å². The van der Waals surface area contributed by atoms with Crippen LogP contribution in [0.15, 0.2) is 18.3 Å². The number of halogens is 1. The van der Waals surface area contributed by atoms with Gasteiger partial charge >= 0.3 is 0 Å². The number of nitrogens with zero attached hydrogens (tertiary/aromatic N) is 2. The number of pyridine rings is 1. The van der Waals surface area contributed by atoms with Gasteiger partial charge in [-0.25, -0.2) is 9.97 Å². The molecule has 0 aromatic carbocycles. The minimum atomic E-state index is -0.591. The summed E-state index contributed by atoms with van der Waals surface area (Å²) in [6.07, 6.45) is 5.78. The Kier molecular flexibility index (Phi) is 3.96. The summed E-state index contributed by atoms with van der Waals surface area (Å²) in [6, 6.07) is 2.46. The van der Waals surface area contributed by atoms with Crippen molar-refractivity contribution < 1.29 is 9.18 Å². The van der Waals surface area contributed by atoms with Gasteiger partial charge in [0.2, 0.25) is 5.95 Å². The van der Waals surface area contributed by atoms with Crippen LogP contribution in [0.25, 0.3) is 0 Å². The third-order valence-corrected chi connectivity index (χ3v) is 4.91. The maximum atomic E-state index is 12.8. The topological polar surface area (TPSA) is 54.9 Å². The second kappa shape index (κ2) is 5.89. The van der Waals surface area contributed by atoms with Crippen LogP contribution in [0.3, 0.4) is 0 Å². The van der Waals surface area contributed by atoms with Gasteiger partial charge in [0.15, 0.2) is 0 Å². The van der Waals surface area contributed by atoms with Gasteiger partial charge in [-0.2, -0.15) is 4.39 Å². The Labute approximate surface area is 126 Å². The van der Waals surface area contributed by atoms with Gasteiger partial charge in [0, 0.05) is 11.1 Å². The third kappa shape index (κ3) is 3.10. The summed E-state index contributed by atoms with van der Waals surface area (Å²) in [7, 11) is 0.